The van der Waals surface area contributed by atoms with Gasteiger partial charge in [0.1, 0.15) is 11.4 Å². The lowest BCUT2D eigenvalue weighted by Crippen LogP contribution is -2.38. The van der Waals surface area contributed by atoms with Crippen LogP contribution in [0.25, 0.3) is 10.9 Å². The molecule has 0 radical (unpaired) electrons. The number of carbonyl (C=O) groups excluding carboxylic acids is 1. The maximum absolute atomic E-state index is 12.9. The lowest BCUT2D eigenvalue weighted by atomic mass is 9.94. The first-order valence-electron chi connectivity index (χ1n) is 10.8. The van der Waals surface area contributed by atoms with Gasteiger partial charge in [-0.3, -0.25) is 4.79 Å². The van der Waals surface area contributed by atoms with Crippen LogP contribution in [0.15, 0.2) is 24.3 Å². The minimum absolute atomic E-state index is 0.0924. The number of hydrogen-bond acceptors (Lipinski definition) is 3. The van der Waals surface area contributed by atoms with Crippen molar-refractivity contribution in [1.82, 2.24) is 14.8 Å². The van der Waals surface area contributed by atoms with Crippen LogP contribution in [0.2, 0.25) is 0 Å². The summed E-state index contributed by atoms with van der Waals surface area (Å²) in [5.74, 6) is 0.974. The number of benzene rings is 1. The number of amides is 1. The molecular formula is C23H33N3O2. The average Bonchev–Trinajstić information content (AvgIpc) is 3.33. The number of carbonyl (C=O) groups is 1. The van der Waals surface area contributed by atoms with E-state index in [0.717, 1.165) is 42.5 Å². The van der Waals surface area contributed by atoms with Gasteiger partial charge in [-0.2, -0.15) is 0 Å². The molecule has 1 aromatic heterocycles. The Hall–Kier alpha value is -2.01. The number of likely N-dealkylation sites (tertiary alicyclic amines) is 1. The van der Waals surface area contributed by atoms with E-state index in [1.165, 1.54) is 38.6 Å². The molecule has 0 bridgehead atoms. The second-order valence-corrected chi connectivity index (χ2v) is 8.55. The van der Waals surface area contributed by atoms with E-state index in [1.807, 2.05) is 36.2 Å². The highest BCUT2D eigenvalue weighted by molar-refractivity contribution is 5.98. The molecular weight excluding hydrogens is 350 g/mol. The molecule has 2 fully saturated rings. The molecule has 1 N–H and O–H groups in total. The van der Waals surface area contributed by atoms with Crippen LogP contribution in [0.3, 0.4) is 0 Å². The van der Waals surface area contributed by atoms with E-state index in [4.69, 9.17) is 4.74 Å². The molecule has 28 heavy (non-hydrogen) atoms. The highest BCUT2D eigenvalue weighted by Gasteiger charge is 2.24. The van der Waals surface area contributed by atoms with Crippen LogP contribution in [0, 0.1) is 0 Å². The van der Waals surface area contributed by atoms with Crippen LogP contribution in [-0.4, -0.2) is 60.0 Å². The normalized spacial score (nSPS) is 21.3. The van der Waals surface area contributed by atoms with Crippen LogP contribution in [0.4, 0.5) is 0 Å². The first-order valence-corrected chi connectivity index (χ1v) is 10.8. The summed E-state index contributed by atoms with van der Waals surface area (Å²) in [5.41, 5.74) is 1.66. The molecule has 2 aromatic rings. The Morgan fingerprint density at radius 1 is 1.18 bits per heavy atom. The lowest BCUT2D eigenvalue weighted by molar-refractivity contribution is 0.0691. The number of nitrogens with zero attached hydrogens (tertiary/aromatic N) is 2. The number of H-pyrrole nitrogens is 1. The third-order valence-corrected chi connectivity index (χ3v) is 6.66. The summed E-state index contributed by atoms with van der Waals surface area (Å²) in [7, 11) is 4.14. The fraction of sp³-hybridized carbons (Fsp3) is 0.609. The topological polar surface area (TPSA) is 48.6 Å². The van der Waals surface area contributed by atoms with E-state index in [0.29, 0.717) is 17.8 Å². The third-order valence-electron chi connectivity index (χ3n) is 6.66. The molecule has 4 rings (SSSR count). The first-order chi connectivity index (χ1) is 13.6. The van der Waals surface area contributed by atoms with Gasteiger partial charge in [-0.25, -0.2) is 0 Å². The van der Waals surface area contributed by atoms with Crippen LogP contribution in [0.1, 0.15) is 61.9 Å². The number of fused-ring (bicyclic) bond motifs is 1. The van der Waals surface area contributed by atoms with E-state index >= 15 is 0 Å². The van der Waals surface area contributed by atoms with Gasteiger partial charge in [0.2, 0.25) is 0 Å². The fourth-order valence-corrected chi connectivity index (χ4v) is 4.80. The SMILES string of the molecule is CN1CCCC1CCOc1ccc2[nH]c(C(=O)N(C)C3CCCCC3)cc2c1. The number of hydrogen-bond donors (Lipinski definition) is 1. The van der Waals surface area contributed by atoms with Crippen molar-refractivity contribution in [3.63, 3.8) is 0 Å². The van der Waals surface area contributed by atoms with Gasteiger partial charge in [0, 0.05) is 30.0 Å². The van der Waals surface area contributed by atoms with Crippen LogP contribution in [-0.2, 0) is 0 Å². The third kappa shape index (κ3) is 4.19. The number of aromatic amines is 1. The van der Waals surface area contributed by atoms with Crippen molar-refractivity contribution in [2.24, 2.45) is 0 Å². The molecule has 1 amide bonds. The minimum Gasteiger partial charge on any atom is -0.494 e. The Morgan fingerprint density at radius 3 is 2.75 bits per heavy atom. The van der Waals surface area contributed by atoms with E-state index in [-0.39, 0.29) is 5.91 Å². The van der Waals surface area contributed by atoms with Gasteiger partial charge in [0.15, 0.2) is 0 Å². The van der Waals surface area contributed by atoms with Crippen LogP contribution < -0.4 is 4.74 Å². The maximum Gasteiger partial charge on any atom is 0.270 e. The Kier molecular flexibility index (Phi) is 5.90. The molecule has 1 saturated carbocycles. The zero-order valence-electron chi connectivity index (χ0n) is 17.2. The van der Waals surface area contributed by atoms with Gasteiger partial charge in [-0.1, -0.05) is 19.3 Å². The summed E-state index contributed by atoms with van der Waals surface area (Å²) in [6, 6.07) is 9.05. The standard InChI is InChI=1S/C23H33N3O2/c1-25-13-6-9-18(25)12-14-28-20-10-11-21-17(15-20)16-22(24-21)23(27)26(2)19-7-4-3-5-8-19/h10-11,15-16,18-19,24H,3-9,12-14H2,1-2H3. The average molecular weight is 384 g/mol. The van der Waals surface area contributed by atoms with Crippen molar-refractivity contribution < 1.29 is 9.53 Å². The van der Waals surface area contributed by atoms with Gasteiger partial charge < -0.3 is 19.5 Å². The van der Waals surface area contributed by atoms with Gasteiger partial charge >= 0.3 is 0 Å². The number of nitrogens with one attached hydrogen (secondary N) is 1. The fourth-order valence-electron chi connectivity index (χ4n) is 4.80. The molecule has 0 spiro atoms. The highest BCUT2D eigenvalue weighted by Crippen LogP contribution is 2.26. The quantitative estimate of drug-likeness (QED) is 0.802. The van der Waals surface area contributed by atoms with Crippen molar-refractivity contribution >= 4 is 16.8 Å². The second-order valence-electron chi connectivity index (χ2n) is 8.55. The Labute approximate surface area is 168 Å². The summed E-state index contributed by atoms with van der Waals surface area (Å²) < 4.78 is 6.00. The summed E-state index contributed by atoms with van der Waals surface area (Å²) in [5, 5.41) is 1.04. The summed E-state index contributed by atoms with van der Waals surface area (Å²) in [4.78, 5) is 20.6. The summed E-state index contributed by atoms with van der Waals surface area (Å²) >= 11 is 0. The molecule has 1 saturated heterocycles. The van der Waals surface area contributed by atoms with Crippen molar-refractivity contribution in [3.05, 3.63) is 30.0 Å². The predicted molar refractivity (Wildman–Crippen MR) is 113 cm³/mol. The molecule has 5 nitrogen and oxygen atoms in total. The largest absolute Gasteiger partial charge is 0.494 e. The van der Waals surface area contributed by atoms with Crippen LogP contribution >= 0.6 is 0 Å². The van der Waals surface area contributed by atoms with Gasteiger partial charge in [-0.15, -0.1) is 0 Å². The molecule has 1 unspecified atom stereocenters. The van der Waals surface area contributed by atoms with Gasteiger partial charge in [0.05, 0.1) is 6.61 Å². The van der Waals surface area contributed by atoms with Crippen molar-refractivity contribution in [3.8, 4) is 5.75 Å². The maximum atomic E-state index is 12.9. The lowest BCUT2D eigenvalue weighted by Gasteiger charge is -2.30. The molecule has 2 aliphatic rings. The van der Waals surface area contributed by atoms with E-state index < -0.39 is 0 Å². The molecule has 1 aliphatic heterocycles. The summed E-state index contributed by atoms with van der Waals surface area (Å²) in [6.45, 7) is 1.94. The summed E-state index contributed by atoms with van der Waals surface area (Å²) in [6.07, 6.45) is 9.63. The van der Waals surface area contributed by atoms with E-state index in [1.54, 1.807) is 0 Å². The van der Waals surface area contributed by atoms with E-state index in [9.17, 15) is 4.79 Å². The van der Waals surface area contributed by atoms with Crippen molar-refractivity contribution in [1.29, 1.82) is 0 Å². The number of ether oxygens (including phenoxy) is 1. The van der Waals surface area contributed by atoms with Gasteiger partial charge in [0.25, 0.3) is 5.91 Å². The molecule has 152 valence electrons. The zero-order chi connectivity index (χ0) is 19.5. The van der Waals surface area contributed by atoms with Gasteiger partial charge in [-0.05, 0) is 70.0 Å². The molecule has 1 atom stereocenters. The first kappa shape index (κ1) is 19.3. The molecule has 2 heterocycles. The molecule has 1 aromatic carbocycles. The monoisotopic (exact) mass is 383 g/mol. The number of aromatic nitrogens is 1. The van der Waals surface area contributed by atoms with E-state index in [2.05, 4.69) is 16.9 Å². The second kappa shape index (κ2) is 8.56. The van der Waals surface area contributed by atoms with Crippen molar-refractivity contribution in [2.75, 3.05) is 27.2 Å². The Morgan fingerprint density at radius 2 is 2.00 bits per heavy atom. The Balaban J connectivity index is 1.39. The smallest absolute Gasteiger partial charge is 0.270 e. The number of rotatable bonds is 6. The predicted octanol–water partition coefficient (Wildman–Crippen LogP) is 4.44. The Bertz CT molecular complexity index is 809. The minimum atomic E-state index is 0.0924. The molecule has 1 aliphatic carbocycles. The highest BCUT2D eigenvalue weighted by atomic mass is 16.5. The van der Waals surface area contributed by atoms with Crippen LogP contribution in [0.5, 0.6) is 5.75 Å². The zero-order valence-corrected chi connectivity index (χ0v) is 17.2. The van der Waals surface area contributed by atoms with Crippen molar-refractivity contribution in [2.45, 2.75) is 63.5 Å². The molecule has 5 heteroatoms.